The molecule has 2 rings (SSSR count). The van der Waals surface area contributed by atoms with Crippen molar-refractivity contribution in [2.45, 2.75) is 18.7 Å². The minimum absolute atomic E-state index is 0.116. The van der Waals surface area contributed by atoms with Crippen LogP contribution in [0.4, 0.5) is 4.39 Å². The van der Waals surface area contributed by atoms with Crippen LogP contribution in [0.15, 0.2) is 22.7 Å². The molecule has 0 spiro atoms. The van der Waals surface area contributed by atoms with Gasteiger partial charge >= 0.3 is 0 Å². The van der Waals surface area contributed by atoms with Crippen molar-refractivity contribution in [3.63, 3.8) is 0 Å². The molecule has 1 aromatic carbocycles. The van der Waals surface area contributed by atoms with Crippen LogP contribution in [-0.2, 0) is 0 Å². The van der Waals surface area contributed by atoms with Crippen LogP contribution in [0.3, 0.4) is 0 Å². The molecule has 1 aliphatic heterocycles. The van der Waals surface area contributed by atoms with Crippen LogP contribution in [0.5, 0.6) is 0 Å². The SMILES string of the molecule is CC1CN(C(=O)c2cc(F)ccc2Br)CCC1Cl. The Morgan fingerprint density at radius 3 is 2.94 bits per heavy atom. The lowest BCUT2D eigenvalue weighted by atomic mass is 9.99. The zero-order valence-electron chi connectivity index (χ0n) is 10.00. The van der Waals surface area contributed by atoms with E-state index in [-0.39, 0.29) is 17.2 Å². The van der Waals surface area contributed by atoms with Crippen molar-refractivity contribution < 1.29 is 9.18 Å². The van der Waals surface area contributed by atoms with Crippen LogP contribution in [0.2, 0.25) is 0 Å². The molecule has 0 aliphatic carbocycles. The van der Waals surface area contributed by atoms with Gasteiger partial charge in [0.05, 0.1) is 5.56 Å². The van der Waals surface area contributed by atoms with Gasteiger partial charge in [0.2, 0.25) is 0 Å². The van der Waals surface area contributed by atoms with E-state index in [2.05, 4.69) is 15.9 Å². The van der Waals surface area contributed by atoms with Crippen LogP contribution in [0.1, 0.15) is 23.7 Å². The molecule has 1 amide bonds. The molecule has 18 heavy (non-hydrogen) atoms. The van der Waals surface area contributed by atoms with E-state index in [1.165, 1.54) is 12.1 Å². The molecule has 5 heteroatoms. The van der Waals surface area contributed by atoms with Crippen molar-refractivity contribution in [3.05, 3.63) is 34.1 Å². The molecule has 1 saturated heterocycles. The highest BCUT2D eigenvalue weighted by molar-refractivity contribution is 9.10. The summed E-state index contributed by atoms with van der Waals surface area (Å²) in [4.78, 5) is 14.1. The third kappa shape index (κ3) is 2.86. The predicted molar refractivity (Wildman–Crippen MR) is 73.4 cm³/mol. The first-order valence-electron chi connectivity index (χ1n) is 5.87. The molecule has 2 unspecified atom stereocenters. The Hall–Kier alpha value is -0.610. The van der Waals surface area contributed by atoms with Crippen molar-refractivity contribution in [1.82, 2.24) is 4.90 Å². The predicted octanol–water partition coefficient (Wildman–Crippen LogP) is 3.68. The number of benzene rings is 1. The lowest BCUT2D eigenvalue weighted by Crippen LogP contribution is -2.43. The van der Waals surface area contributed by atoms with E-state index in [9.17, 15) is 9.18 Å². The summed E-state index contributed by atoms with van der Waals surface area (Å²) in [5.41, 5.74) is 0.371. The molecular formula is C13H14BrClFNO. The lowest BCUT2D eigenvalue weighted by molar-refractivity contribution is 0.0685. The van der Waals surface area contributed by atoms with Crippen LogP contribution in [0, 0.1) is 11.7 Å². The fourth-order valence-corrected chi connectivity index (χ4v) is 2.73. The number of hydrogen-bond acceptors (Lipinski definition) is 1. The highest BCUT2D eigenvalue weighted by atomic mass is 79.9. The maximum Gasteiger partial charge on any atom is 0.255 e. The van der Waals surface area contributed by atoms with Gasteiger partial charge in [0.15, 0.2) is 0 Å². The van der Waals surface area contributed by atoms with Crippen molar-refractivity contribution in [1.29, 1.82) is 0 Å². The molecule has 0 bridgehead atoms. The Labute approximate surface area is 119 Å². The second-order valence-corrected chi connectivity index (χ2v) is 6.07. The number of hydrogen-bond donors (Lipinski definition) is 0. The Balaban J connectivity index is 2.19. The number of carbonyl (C=O) groups excluding carboxylic acids is 1. The fraction of sp³-hybridized carbons (Fsp3) is 0.462. The third-order valence-electron chi connectivity index (χ3n) is 3.25. The summed E-state index contributed by atoms with van der Waals surface area (Å²) in [6, 6.07) is 4.15. The van der Waals surface area contributed by atoms with Crippen LogP contribution >= 0.6 is 27.5 Å². The van der Waals surface area contributed by atoms with Crippen molar-refractivity contribution in [2.75, 3.05) is 13.1 Å². The summed E-state index contributed by atoms with van der Waals surface area (Å²) in [7, 11) is 0. The van der Waals surface area contributed by atoms with Gasteiger partial charge in [-0.05, 0) is 46.5 Å². The molecule has 1 aliphatic rings. The van der Waals surface area contributed by atoms with E-state index < -0.39 is 5.82 Å². The molecule has 0 N–H and O–H groups in total. The Kier molecular flexibility index (Phi) is 4.28. The van der Waals surface area contributed by atoms with Gasteiger partial charge < -0.3 is 4.90 Å². The minimum atomic E-state index is -0.401. The molecule has 2 atom stereocenters. The van der Waals surface area contributed by atoms with Crippen molar-refractivity contribution in [3.8, 4) is 0 Å². The molecule has 1 heterocycles. The largest absolute Gasteiger partial charge is 0.338 e. The summed E-state index contributed by atoms with van der Waals surface area (Å²) in [5, 5.41) is 0.116. The third-order valence-corrected chi connectivity index (χ3v) is 4.59. The Morgan fingerprint density at radius 2 is 2.28 bits per heavy atom. The smallest absolute Gasteiger partial charge is 0.255 e. The van der Waals surface area contributed by atoms with Gasteiger partial charge in [-0.1, -0.05) is 6.92 Å². The standard InChI is InChI=1S/C13H14BrClFNO/c1-8-7-17(5-4-12(8)15)13(18)10-6-9(16)2-3-11(10)14/h2-3,6,8,12H,4-5,7H2,1H3. The van der Waals surface area contributed by atoms with Gasteiger partial charge in [0, 0.05) is 22.9 Å². The Bertz CT molecular complexity index is 468. The van der Waals surface area contributed by atoms with Gasteiger partial charge in [-0.2, -0.15) is 0 Å². The van der Waals surface area contributed by atoms with Gasteiger partial charge in [-0.3, -0.25) is 4.79 Å². The van der Waals surface area contributed by atoms with Crippen LogP contribution in [0.25, 0.3) is 0 Å². The summed E-state index contributed by atoms with van der Waals surface area (Å²) < 4.78 is 13.8. The van der Waals surface area contributed by atoms with E-state index >= 15 is 0 Å². The van der Waals surface area contributed by atoms with Crippen LogP contribution < -0.4 is 0 Å². The quantitative estimate of drug-likeness (QED) is 0.718. The first-order valence-corrected chi connectivity index (χ1v) is 7.10. The summed E-state index contributed by atoms with van der Waals surface area (Å²) in [6.07, 6.45) is 0.779. The monoisotopic (exact) mass is 333 g/mol. The van der Waals surface area contributed by atoms with Crippen LogP contribution in [-0.4, -0.2) is 29.3 Å². The highest BCUT2D eigenvalue weighted by Crippen LogP contribution is 2.25. The number of carbonyl (C=O) groups is 1. The first-order chi connectivity index (χ1) is 8.49. The number of rotatable bonds is 1. The molecule has 1 aromatic rings. The first kappa shape index (κ1) is 13.8. The molecular weight excluding hydrogens is 321 g/mol. The van der Waals surface area contributed by atoms with Crippen molar-refractivity contribution >= 4 is 33.4 Å². The average molecular weight is 335 g/mol. The fourth-order valence-electron chi connectivity index (χ4n) is 2.13. The molecule has 0 radical (unpaired) electrons. The van der Waals surface area contributed by atoms with E-state index in [1.54, 1.807) is 11.0 Å². The zero-order valence-corrected chi connectivity index (χ0v) is 12.3. The lowest BCUT2D eigenvalue weighted by Gasteiger charge is -2.34. The summed E-state index contributed by atoms with van der Waals surface area (Å²) in [6.45, 7) is 3.27. The van der Waals surface area contributed by atoms with E-state index in [4.69, 9.17) is 11.6 Å². The number of alkyl halides is 1. The van der Waals surface area contributed by atoms with Gasteiger partial charge in [0.1, 0.15) is 5.82 Å². The molecule has 1 fully saturated rings. The summed E-state index contributed by atoms with van der Waals surface area (Å²) in [5.74, 6) is -0.282. The number of likely N-dealkylation sites (tertiary alicyclic amines) is 1. The van der Waals surface area contributed by atoms with E-state index in [1.807, 2.05) is 6.92 Å². The molecule has 2 nitrogen and oxygen atoms in total. The Morgan fingerprint density at radius 1 is 1.56 bits per heavy atom. The van der Waals surface area contributed by atoms with E-state index in [0.29, 0.717) is 23.1 Å². The number of halogens is 3. The normalized spacial score (nSPS) is 24.1. The topological polar surface area (TPSA) is 20.3 Å². The second kappa shape index (κ2) is 5.57. The second-order valence-electron chi connectivity index (χ2n) is 4.66. The van der Waals surface area contributed by atoms with E-state index in [0.717, 1.165) is 6.42 Å². The highest BCUT2D eigenvalue weighted by Gasteiger charge is 2.28. The molecule has 98 valence electrons. The van der Waals surface area contributed by atoms with Gasteiger partial charge in [0.25, 0.3) is 5.91 Å². The minimum Gasteiger partial charge on any atom is -0.338 e. The van der Waals surface area contributed by atoms with Crippen molar-refractivity contribution in [2.24, 2.45) is 5.92 Å². The number of nitrogens with zero attached hydrogens (tertiary/aromatic N) is 1. The van der Waals surface area contributed by atoms with Gasteiger partial charge in [-0.15, -0.1) is 11.6 Å². The molecule has 0 aromatic heterocycles. The number of piperidine rings is 1. The summed E-state index contributed by atoms with van der Waals surface area (Å²) >= 11 is 9.42. The van der Waals surface area contributed by atoms with Gasteiger partial charge in [-0.25, -0.2) is 4.39 Å². The number of amides is 1. The maximum absolute atomic E-state index is 13.2. The maximum atomic E-state index is 13.2. The zero-order chi connectivity index (χ0) is 13.3. The molecule has 0 saturated carbocycles. The average Bonchev–Trinajstić information content (AvgIpc) is 2.35.